The van der Waals surface area contributed by atoms with Crippen LogP contribution < -0.4 is 14.8 Å². The third-order valence-corrected chi connectivity index (χ3v) is 6.70. The first kappa shape index (κ1) is 28.9. The maximum atomic E-state index is 12.2. The molecule has 0 radical (unpaired) electrons. The summed E-state index contributed by atoms with van der Waals surface area (Å²) in [7, 11) is -2.02. The van der Waals surface area contributed by atoms with Gasteiger partial charge in [0.05, 0.1) is 19.9 Å². The minimum Gasteiger partial charge on any atom is -0.508 e. The minimum absolute atomic E-state index is 0.0118. The number of rotatable bonds is 8. The third kappa shape index (κ3) is 6.40. The molecule has 4 aromatic rings. The molecule has 0 saturated carbocycles. The van der Waals surface area contributed by atoms with Gasteiger partial charge in [-0.05, 0) is 60.3 Å². The van der Waals surface area contributed by atoms with E-state index < -0.39 is 26.5 Å². The Morgan fingerprint density at radius 3 is 2.15 bits per heavy atom. The van der Waals surface area contributed by atoms with E-state index in [1.54, 1.807) is 13.0 Å². The van der Waals surface area contributed by atoms with Crippen LogP contribution in [0.15, 0.2) is 79.9 Å². The summed E-state index contributed by atoms with van der Waals surface area (Å²) in [6.45, 7) is 3.04. The molecule has 212 valence electrons. The molecule has 0 saturated heterocycles. The molecule has 0 unspecified atom stereocenters. The highest BCUT2D eigenvalue weighted by Gasteiger charge is 2.22. The van der Waals surface area contributed by atoms with Crippen LogP contribution in [0.4, 0.5) is 28.4 Å². The van der Waals surface area contributed by atoms with Gasteiger partial charge in [-0.3, -0.25) is 9.35 Å². The van der Waals surface area contributed by atoms with Crippen molar-refractivity contribution in [2.75, 3.05) is 19.5 Å². The van der Waals surface area contributed by atoms with E-state index in [1.165, 1.54) is 63.6 Å². The predicted octanol–water partition coefficient (Wildman–Crippen LogP) is 6.61. The summed E-state index contributed by atoms with van der Waals surface area (Å²) < 4.78 is 44.9. The molecule has 0 aromatic heterocycles. The highest BCUT2D eigenvalue weighted by atomic mass is 32.2. The molecule has 4 rings (SSSR count). The summed E-state index contributed by atoms with van der Waals surface area (Å²) in [5.74, 6) is -0.347. The van der Waals surface area contributed by atoms with E-state index in [-0.39, 0.29) is 33.9 Å². The van der Waals surface area contributed by atoms with E-state index in [9.17, 15) is 28.0 Å². The molecular weight excluding hydrogens is 554 g/mol. The third-order valence-electron chi connectivity index (χ3n) is 5.83. The normalized spacial score (nSPS) is 11.8. The van der Waals surface area contributed by atoms with Crippen molar-refractivity contribution >= 4 is 55.2 Å². The summed E-state index contributed by atoms with van der Waals surface area (Å²) in [6.07, 6.45) is 0. The number of anilines is 1. The number of carbonyl (C=O) groups excluding carboxylic acids is 1. The predicted molar refractivity (Wildman–Crippen MR) is 150 cm³/mol. The first-order valence-electron chi connectivity index (χ1n) is 11.8. The van der Waals surface area contributed by atoms with Crippen LogP contribution in [0.5, 0.6) is 23.0 Å². The molecule has 0 heterocycles. The summed E-state index contributed by atoms with van der Waals surface area (Å²) in [5.41, 5.74) is 1.44. The van der Waals surface area contributed by atoms with Crippen molar-refractivity contribution < 1.29 is 37.5 Å². The molecule has 0 aliphatic rings. The first-order chi connectivity index (χ1) is 19.4. The van der Waals surface area contributed by atoms with Crippen LogP contribution in [-0.2, 0) is 14.9 Å². The molecule has 0 aliphatic carbocycles. The Labute approximate surface area is 234 Å². The van der Waals surface area contributed by atoms with E-state index in [2.05, 4.69) is 25.8 Å². The SMILES string of the molecule is COc1cc(O)ccc1N=Nc1cc(OC)c(N=Nc2c(S(=O)(=O)O)cc3cc(NC(C)=O)ccc3c2O)cc1C. The molecule has 0 aliphatic heterocycles. The first-order valence-corrected chi connectivity index (χ1v) is 13.3. The molecule has 0 atom stereocenters. The second-order valence-electron chi connectivity index (χ2n) is 8.73. The van der Waals surface area contributed by atoms with Gasteiger partial charge >= 0.3 is 0 Å². The van der Waals surface area contributed by atoms with Crippen LogP contribution in [0.2, 0.25) is 0 Å². The summed E-state index contributed by atoms with van der Waals surface area (Å²) >= 11 is 0. The Bertz CT molecular complexity index is 1840. The quantitative estimate of drug-likeness (QED) is 0.132. The van der Waals surface area contributed by atoms with Gasteiger partial charge in [0, 0.05) is 30.1 Å². The Morgan fingerprint density at radius 2 is 1.49 bits per heavy atom. The van der Waals surface area contributed by atoms with Gasteiger partial charge in [0.2, 0.25) is 5.91 Å². The highest BCUT2D eigenvalue weighted by molar-refractivity contribution is 7.86. The molecule has 4 aromatic carbocycles. The fraction of sp³-hybridized carbons (Fsp3) is 0.148. The van der Waals surface area contributed by atoms with Gasteiger partial charge in [0.15, 0.2) is 5.75 Å². The number of aromatic hydroxyl groups is 2. The lowest BCUT2D eigenvalue weighted by Crippen LogP contribution is -2.05. The van der Waals surface area contributed by atoms with E-state index in [0.717, 1.165) is 6.07 Å². The van der Waals surface area contributed by atoms with Crippen molar-refractivity contribution in [2.45, 2.75) is 18.7 Å². The lowest BCUT2D eigenvalue weighted by molar-refractivity contribution is -0.114. The Morgan fingerprint density at radius 1 is 0.829 bits per heavy atom. The van der Waals surface area contributed by atoms with Gasteiger partial charge in [0.1, 0.15) is 39.2 Å². The van der Waals surface area contributed by atoms with Crippen molar-refractivity contribution in [3.05, 3.63) is 60.2 Å². The van der Waals surface area contributed by atoms with Crippen molar-refractivity contribution in [1.82, 2.24) is 0 Å². The number of phenolic OH excluding ortho intramolecular Hbond substituents is 2. The average molecular weight is 580 g/mol. The second kappa shape index (κ2) is 11.6. The monoisotopic (exact) mass is 579 g/mol. The molecule has 0 spiro atoms. The van der Waals surface area contributed by atoms with Crippen molar-refractivity contribution in [2.24, 2.45) is 20.5 Å². The van der Waals surface area contributed by atoms with E-state index >= 15 is 0 Å². The molecule has 4 N–H and O–H groups in total. The standard InChI is InChI=1S/C27H25N5O8S/c1-14-9-22(24(40-4)13-21(14)30-29-20-8-6-18(34)12-23(20)39-3)31-32-26-25(41(36,37)38)11-16-10-17(28-15(2)33)5-7-19(16)27(26)35/h5-13,34-35H,1-4H3,(H,28,33)(H,36,37,38). The lowest BCUT2D eigenvalue weighted by Gasteiger charge is -2.11. The number of nitrogens with one attached hydrogen (secondary N) is 1. The molecule has 41 heavy (non-hydrogen) atoms. The van der Waals surface area contributed by atoms with Crippen molar-refractivity contribution in [3.8, 4) is 23.0 Å². The van der Waals surface area contributed by atoms with E-state index in [0.29, 0.717) is 28.4 Å². The Balaban J connectivity index is 1.76. The number of amides is 1. The summed E-state index contributed by atoms with van der Waals surface area (Å²) in [5, 5.41) is 40.0. The van der Waals surface area contributed by atoms with E-state index in [1.807, 2.05) is 0 Å². The second-order valence-corrected chi connectivity index (χ2v) is 10.1. The van der Waals surface area contributed by atoms with Crippen molar-refractivity contribution in [3.63, 3.8) is 0 Å². The van der Waals surface area contributed by atoms with Crippen LogP contribution in [0.3, 0.4) is 0 Å². The number of methoxy groups -OCH3 is 2. The number of benzene rings is 4. The molecular formula is C27H25N5O8S. The topological polar surface area (TPSA) is 192 Å². The number of azo groups is 2. The van der Waals surface area contributed by atoms with Crippen LogP contribution in [-0.4, -0.2) is 43.3 Å². The van der Waals surface area contributed by atoms with Gasteiger partial charge in [-0.2, -0.15) is 13.5 Å². The zero-order valence-electron chi connectivity index (χ0n) is 22.3. The number of hydrogen-bond acceptors (Lipinski definition) is 11. The molecule has 13 nitrogen and oxygen atoms in total. The number of nitrogens with zero attached hydrogens (tertiary/aromatic N) is 4. The Kier molecular flexibility index (Phi) is 8.16. The number of aryl methyl sites for hydroxylation is 1. The summed E-state index contributed by atoms with van der Waals surface area (Å²) in [6, 6.07) is 13.0. The smallest absolute Gasteiger partial charge is 0.296 e. The van der Waals surface area contributed by atoms with Crippen LogP contribution in [0.1, 0.15) is 12.5 Å². The molecule has 0 bridgehead atoms. The average Bonchev–Trinajstić information content (AvgIpc) is 2.91. The number of carbonyl (C=O) groups is 1. The zero-order chi connectivity index (χ0) is 29.9. The number of hydrogen-bond donors (Lipinski definition) is 4. The zero-order valence-corrected chi connectivity index (χ0v) is 23.1. The van der Waals surface area contributed by atoms with Gasteiger partial charge in [-0.25, -0.2) is 0 Å². The van der Waals surface area contributed by atoms with Crippen LogP contribution in [0, 0.1) is 6.92 Å². The lowest BCUT2D eigenvalue weighted by atomic mass is 10.1. The van der Waals surface area contributed by atoms with Gasteiger partial charge in [-0.1, -0.05) is 0 Å². The fourth-order valence-electron chi connectivity index (χ4n) is 3.90. The number of fused-ring (bicyclic) bond motifs is 1. The van der Waals surface area contributed by atoms with Crippen molar-refractivity contribution in [1.29, 1.82) is 0 Å². The minimum atomic E-state index is -4.85. The van der Waals surface area contributed by atoms with Gasteiger partial charge in [0.25, 0.3) is 10.1 Å². The van der Waals surface area contributed by atoms with Gasteiger partial charge < -0.3 is 25.0 Å². The maximum absolute atomic E-state index is 12.2. The van der Waals surface area contributed by atoms with Crippen LogP contribution in [0.25, 0.3) is 10.8 Å². The molecule has 0 fully saturated rings. The van der Waals surface area contributed by atoms with Gasteiger partial charge in [-0.15, -0.1) is 15.3 Å². The Hall–Kier alpha value is -5.08. The number of phenols is 2. The highest BCUT2D eigenvalue weighted by Crippen LogP contribution is 2.43. The summed E-state index contributed by atoms with van der Waals surface area (Å²) in [4.78, 5) is 10.7. The number of ether oxygens (including phenoxy) is 2. The largest absolute Gasteiger partial charge is 0.508 e. The van der Waals surface area contributed by atoms with Crippen LogP contribution >= 0.6 is 0 Å². The van der Waals surface area contributed by atoms with E-state index in [4.69, 9.17) is 9.47 Å². The molecule has 14 heteroatoms. The maximum Gasteiger partial charge on any atom is 0.296 e. The fourth-order valence-corrected chi connectivity index (χ4v) is 4.56. The molecule has 1 amide bonds.